The zero-order chi connectivity index (χ0) is 17.8. The number of pyridine rings is 1. The van der Waals surface area contributed by atoms with Crippen molar-refractivity contribution >= 4 is 17.5 Å². The Labute approximate surface area is 148 Å². The average Bonchev–Trinajstić information content (AvgIpc) is 3.02. The van der Waals surface area contributed by atoms with Gasteiger partial charge in [-0.2, -0.15) is 0 Å². The lowest BCUT2D eigenvalue weighted by Gasteiger charge is -2.16. The first-order valence-electron chi connectivity index (χ1n) is 8.64. The monoisotopic (exact) mass is 337 g/mol. The van der Waals surface area contributed by atoms with Crippen molar-refractivity contribution in [2.24, 2.45) is 5.92 Å². The van der Waals surface area contributed by atoms with E-state index in [1.807, 2.05) is 54.3 Å². The van der Waals surface area contributed by atoms with Gasteiger partial charge in [0.05, 0.1) is 5.56 Å². The van der Waals surface area contributed by atoms with Crippen LogP contribution in [0.2, 0.25) is 0 Å². The molecule has 1 aromatic heterocycles. The molecule has 1 saturated heterocycles. The molecule has 3 rings (SSSR count). The van der Waals surface area contributed by atoms with Gasteiger partial charge in [0.25, 0.3) is 5.91 Å². The van der Waals surface area contributed by atoms with Gasteiger partial charge in [-0.25, -0.2) is 0 Å². The Morgan fingerprint density at radius 1 is 1.24 bits per heavy atom. The van der Waals surface area contributed by atoms with Gasteiger partial charge in [0, 0.05) is 44.1 Å². The molecule has 0 aliphatic carbocycles. The molecule has 5 heteroatoms. The van der Waals surface area contributed by atoms with Crippen LogP contribution in [0.25, 0.3) is 0 Å². The van der Waals surface area contributed by atoms with Crippen molar-refractivity contribution in [1.29, 1.82) is 0 Å². The second-order valence-electron chi connectivity index (χ2n) is 6.47. The standard InChI is InChI=1S/C20H23N3O2/c1-3-22(2)20(25)16-9-10-17(21-13-16)11-15-12-19(24)23(14-15)18-7-5-4-6-8-18/h4-10,13,15H,3,11-12,14H2,1-2H3/t15-/m1/s1. The molecule has 0 unspecified atom stereocenters. The van der Waals surface area contributed by atoms with E-state index in [1.54, 1.807) is 18.1 Å². The van der Waals surface area contributed by atoms with E-state index >= 15 is 0 Å². The lowest BCUT2D eigenvalue weighted by Crippen LogP contribution is -2.26. The molecule has 2 aromatic rings. The van der Waals surface area contributed by atoms with Gasteiger partial charge < -0.3 is 9.80 Å². The average molecular weight is 337 g/mol. The van der Waals surface area contributed by atoms with Gasteiger partial charge in [-0.3, -0.25) is 14.6 Å². The van der Waals surface area contributed by atoms with Gasteiger partial charge in [0.15, 0.2) is 0 Å². The van der Waals surface area contributed by atoms with Gasteiger partial charge in [0.2, 0.25) is 5.91 Å². The van der Waals surface area contributed by atoms with E-state index in [0.29, 0.717) is 25.1 Å². The smallest absolute Gasteiger partial charge is 0.255 e. The summed E-state index contributed by atoms with van der Waals surface area (Å²) in [7, 11) is 1.78. The van der Waals surface area contributed by atoms with Crippen LogP contribution >= 0.6 is 0 Å². The molecule has 0 spiro atoms. The third-order valence-electron chi connectivity index (χ3n) is 4.66. The van der Waals surface area contributed by atoms with E-state index in [1.165, 1.54) is 0 Å². The number of nitrogens with zero attached hydrogens (tertiary/aromatic N) is 3. The van der Waals surface area contributed by atoms with Crippen LogP contribution < -0.4 is 4.90 Å². The summed E-state index contributed by atoms with van der Waals surface area (Å²) in [6.45, 7) is 3.32. The van der Waals surface area contributed by atoms with Crippen LogP contribution in [0.3, 0.4) is 0 Å². The van der Waals surface area contributed by atoms with Crippen LogP contribution in [0.1, 0.15) is 29.4 Å². The molecule has 1 atom stereocenters. The van der Waals surface area contributed by atoms with E-state index in [4.69, 9.17) is 0 Å². The van der Waals surface area contributed by atoms with Crippen molar-refractivity contribution in [3.63, 3.8) is 0 Å². The van der Waals surface area contributed by atoms with Crippen LogP contribution in [-0.4, -0.2) is 41.8 Å². The highest BCUT2D eigenvalue weighted by molar-refractivity contribution is 5.95. The number of amides is 2. The summed E-state index contributed by atoms with van der Waals surface area (Å²) < 4.78 is 0. The van der Waals surface area contributed by atoms with Crippen molar-refractivity contribution in [2.75, 3.05) is 25.0 Å². The first-order chi connectivity index (χ1) is 12.1. The lowest BCUT2D eigenvalue weighted by atomic mass is 10.0. The Bertz CT molecular complexity index is 743. The first-order valence-corrected chi connectivity index (χ1v) is 8.64. The summed E-state index contributed by atoms with van der Waals surface area (Å²) in [5, 5.41) is 0. The second-order valence-corrected chi connectivity index (χ2v) is 6.47. The summed E-state index contributed by atoms with van der Waals surface area (Å²) in [6, 6.07) is 13.5. The van der Waals surface area contributed by atoms with Crippen molar-refractivity contribution in [1.82, 2.24) is 9.88 Å². The van der Waals surface area contributed by atoms with Crippen molar-refractivity contribution < 1.29 is 9.59 Å². The number of carbonyl (C=O) groups excluding carboxylic acids is 2. The first kappa shape index (κ1) is 17.1. The van der Waals surface area contributed by atoms with Crippen LogP contribution in [0, 0.1) is 5.92 Å². The van der Waals surface area contributed by atoms with Crippen molar-refractivity contribution in [3.8, 4) is 0 Å². The largest absolute Gasteiger partial charge is 0.342 e. The summed E-state index contributed by atoms with van der Waals surface area (Å²) in [5.41, 5.74) is 2.47. The quantitative estimate of drug-likeness (QED) is 0.843. The maximum atomic E-state index is 12.3. The van der Waals surface area contributed by atoms with Crippen molar-refractivity contribution in [3.05, 3.63) is 59.9 Å². The van der Waals surface area contributed by atoms with E-state index in [9.17, 15) is 9.59 Å². The van der Waals surface area contributed by atoms with Gasteiger partial charge in [-0.15, -0.1) is 0 Å². The maximum Gasteiger partial charge on any atom is 0.255 e. The summed E-state index contributed by atoms with van der Waals surface area (Å²) >= 11 is 0. The minimum atomic E-state index is -0.0205. The molecule has 5 nitrogen and oxygen atoms in total. The number of anilines is 1. The molecule has 0 N–H and O–H groups in total. The topological polar surface area (TPSA) is 53.5 Å². The van der Waals surface area contributed by atoms with Crippen molar-refractivity contribution in [2.45, 2.75) is 19.8 Å². The normalized spacial score (nSPS) is 17.0. The maximum absolute atomic E-state index is 12.3. The summed E-state index contributed by atoms with van der Waals surface area (Å²) in [6.07, 6.45) is 2.92. The number of aromatic nitrogens is 1. The Hall–Kier alpha value is -2.69. The molecule has 2 amide bonds. The molecule has 0 bridgehead atoms. The number of carbonyl (C=O) groups is 2. The molecule has 1 aliphatic heterocycles. The summed E-state index contributed by atoms with van der Waals surface area (Å²) in [4.78, 5) is 32.3. The molecule has 1 aromatic carbocycles. The molecule has 25 heavy (non-hydrogen) atoms. The molecule has 2 heterocycles. The molecular weight excluding hydrogens is 314 g/mol. The zero-order valence-electron chi connectivity index (χ0n) is 14.7. The molecule has 0 saturated carbocycles. The highest BCUT2D eigenvalue weighted by atomic mass is 16.2. The Morgan fingerprint density at radius 3 is 2.64 bits per heavy atom. The van der Waals surface area contributed by atoms with Crippen LogP contribution in [0.15, 0.2) is 48.7 Å². The van der Waals surface area contributed by atoms with Gasteiger partial charge in [-0.1, -0.05) is 18.2 Å². The lowest BCUT2D eigenvalue weighted by molar-refractivity contribution is -0.117. The van der Waals surface area contributed by atoms with Crippen LogP contribution in [0.4, 0.5) is 5.69 Å². The number of para-hydroxylation sites is 1. The van der Waals surface area contributed by atoms with Crippen LogP contribution in [0.5, 0.6) is 0 Å². The predicted molar refractivity (Wildman–Crippen MR) is 97.5 cm³/mol. The summed E-state index contributed by atoms with van der Waals surface area (Å²) in [5.74, 6) is 0.389. The number of hydrogen-bond donors (Lipinski definition) is 0. The highest BCUT2D eigenvalue weighted by Gasteiger charge is 2.30. The number of benzene rings is 1. The fraction of sp³-hybridized carbons (Fsp3) is 0.350. The minimum absolute atomic E-state index is 0.0205. The van der Waals surface area contributed by atoms with Gasteiger partial charge >= 0.3 is 0 Å². The Morgan fingerprint density at radius 2 is 2.00 bits per heavy atom. The fourth-order valence-electron chi connectivity index (χ4n) is 3.11. The Kier molecular flexibility index (Phi) is 5.12. The number of hydrogen-bond acceptors (Lipinski definition) is 3. The predicted octanol–water partition coefficient (Wildman–Crippen LogP) is 2.77. The van der Waals surface area contributed by atoms with Gasteiger partial charge in [-0.05, 0) is 43.5 Å². The second kappa shape index (κ2) is 7.47. The highest BCUT2D eigenvalue weighted by Crippen LogP contribution is 2.26. The van der Waals surface area contributed by atoms with E-state index < -0.39 is 0 Å². The SMILES string of the molecule is CCN(C)C(=O)c1ccc(C[C@@H]2CC(=O)N(c3ccccc3)C2)nc1. The molecule has 1 fully saturated rings. The number of rotatable bonds is 5. The van der Waals surface area contributed by atoms with E-state index in [0.717, 1.165) is 17.8 Å². The molecule has 1 aliphatic rings. The third-order valence-corrected chi connectivity index (χ3v) is 4.66. The van der Waals surface area contributed by atoms with E-state index in [-0.39, 0.29) is 17.7 Å². The van der Waals surface area contributed by atoms with E-state index in [2.05, 4.69) is 4.98 Å². The Balaban J connectivity index is 1.64. The molecular formula is C20H23N3O2. The molecule has 130 valence electrons. The van der Waals surface area contributed by atoms with Crippen LogP contribution in [-0.2, 0) is 11.2 Å². The van der Waals surface area contributed by atoms with Gasteiger partial charge in [0.1, 0.15) is 0 Å². The third kappa shape index (κ3) is 3.87. The zero-order valence-corrected chi connectivity index (χ0v) is 14.7. The fourth-order valence-corrected chi connectivity index (χ4v) is 3.11. The molecule has 0 radical (unpaired) electrons. The minimum Gasteiger partial charge on any atom is -0.342 e.